The van der Waals surface area contributed by atoms with Crippen LogP contribution in [-0.4, -0.2) is 59.6 Å². The van der Waals surface area contributed by atoms with Gasteiger partial charge in [0.05, 0.1) is 43.4 Å². The molecule has 0 radical (unpaired) electrons. The Balaban J connectivity index is 1.71. The minimum Gasteiger partial charge on any atom is -0.452 e. The molecule has 0 saturated carbocycles. The summed E-state index contributed by atoms with van der Waals surface area (Å²) in [5, 5.41) is 8.84. The number of H-pyrrole nitrogens is 1. The summed E-state index contributed by atoms with van der Waals surface area (Å²) in [6.07, 6.45) is -3.36. The largest absolute Gasteiger partial charge is 0.475 e. The maximum absolute atomic E-state index is 13.3. The topological polar surface area (TPSA) is 185 Å². The molecule has 1 aliphatic heterocycles. The highest BCUT2D eigenvalue weighted by atomic mass is 31.2. The van der Waals surface area contributed by atoms with Crippen LogP contribution in [-0.2, 0) is 32.3 Å². The van der Waals surface area contributed by atoms with Gasteiger partial charge in [0.1, 0.15) is 6.10 Å². The van der Waals surface area contributed by atoms with Crippen molar-refractivity contribution < 1.29 is 41.9 Å². The van der Waals surface area contributed by atoms with Crippen LogP contribution in [0.2, 0.25) is 0 Å². The third kappa shape index (κ3) is 8.25. The van der Waals surface area contributed by atoms with E-state index in [1.807, 2.05) is 6.07 Å². The van der Waals surface area contributed by atoms with E-state index in [-0.39, 0.29) is 30.8 Å². The lowest BCUT2D eigenvalue weighted by Gasteiger charge is -2.25. The summed E-state index contributed by atoms with van der Waals surface area (Å²) in [7, 11) is -4.31. The highest BCUT2D eigenvalue weighted by molar-refractivity contribution is 7.48. The molecular formula is C29H28N3O11P. The number of nitriles is 1. The summed E-state index contributed by atoms with van der Waals surface area (Å²) < 4.78 is 47.7. The molecule has 1 unspecified atom stereocenters. The van der Waals surface area contributed by atoms with E-state index in [0.717, 1.165) is 16.8 Å². The molecule has 2 heterocycles. The second-order valence-corrected chi connectivity index (χ2v) is 10.8. The van der Waals surface area contributed by atoms with Gasteiger partial charge in [-0.2, -0.15) is 5.26 Å². The first-order valence-electron chi connectivity index (χ1n) is 13.2. The van der Waals surface area contributed by atoms with Crippen molar-refractivity contribution in [1.82, 2.24) is 9.55 Å². The van der Waals surface area contributed by atoms with E-state index in [1.165, 1.54) is 30.3 Å². The van der Waals surface area contributed by atoms with Gasteiger partial charge in [0.2, 0.25) is 0 Å². The van der Waals surface area contributed by atoms with Crippen LogP contribution < -0.4 is 11.2 Å². The molecule has 0 aliphatic carbocycles. The Bertz CT molecular complexity index is 1650. The van der Waals surface area contributed by atoms with Crippen LogP contribution in [0.5, 0.6) is 0 Å². The van der Waals surface area contributed by atoms with Crippen LogP contribution in [0.3, 0.4) is 0 Å². The molecule has 1 aromatic heterocycles. The van der Waals surface area contributed by atoms with Crippen LogP contribution in [0.25, 0.3) is 0 Å². The Kier molecular flexibility index (Phi) is 11.1. The molecule has 1 fully saturated rings. The van der Waals surface area contributed by atoms with Gasteiger partial charge in [-0.3, -0.25) is 27.9 Å². The molecule has 3 aromatic rings. The molecule has 1 N–H and O–H groups in total. The van der Waals surface area contributed by atoms with Crippen LogP contribution in [0.4, 0.5) is 0 Å². The Hall–Kier alpha value is -4.64. The number of aromatic amines is 1. The van der Waals surface area contributed by atoms with Gasteiger partial charge in [-0.25, -0.2) is 18.9 Å². The van der Waals surface area contributed by atoms with Gasteiger partial charge < -0.3 is 14.2 Å². The van der Waals surface area contributed by atoms with E-state index in [0.29, 0.717) is 0 Å². The molecule has 5 atom stereocenters. The number of nitrogens with zero attached hydrogens (tertiary/aromatic N) is 2. The molecule has 1 aliphatic rings. The quantitative estimate of drug-likeness (QED) is 0.120. The van der Waals surface area contributed by atoms with E-state index in [4.69, 9.17) is 33.0 Å². The maximum Gasteiger partial charge on any atom is 0.475 e. The SMILES string of the molecule is C=CCOP(=O)(OCCC#N)OC[C@H]1O[C@@H](n2ccc(=O)[nH]c2=O)[C@H](OC(=O)c2ccccc2)[C@@H]1OC(=O)c1ccccc1. The number of ether oxygens (including phenoxy) is 3. The zero-order valence-corrected chi connectivity index (χ0v) is 24.1. The second kappa shape index (κ2) is 15.2. The van der Waals surface area contributed by atoms with Gasteiger partial charge in [0, 0.05) is 12.3 Å². The predicted molar refractivity (Wildman–Crippen MR) is 152 cm³/mol. The first-order valence-corrected chi connectivity index (χ1v) is 14.7. The predicted octanol–water partition coefficient (Wildman–Crippen LogP) is 3.14. The standard InChI is InChI=1S/C29H28N3O11P/c1-2-17-38-44(37,39-18-9-15-30)40-19-22-24(42-27(34)20-10-5-3-6-11-20)25(43-28(35)21-12-7-4-8-13-21)26(41-22)32-16-14-23(33)31-29(32)36/h2-8,10-14,16,22,24-26H,1,9,17-19H2,(H,31,33,36)/t22-,24-,25-,26-,44?/m1/s1. The number of hydrogen-bond donors (Lipinski definition) is 1. The van der Waals surface area contributed by atoms with Crippen molar-refractivity contribution >= 4 is 19.8 Å². The molecule has 0 amide bonds. The number of hydrogen-bond acceptors (Lipinski definition) is 12. The fraction of sp³-hybridized carbons (Fsp3) is 0.276. The van der Waals surface area contributed by atoms with Gasteiger partial charge >= 0.3 is 25.5 Å². The van der Waals surface area contributed by atoms with E-state index < -0.39 is 62.2 Å². The Morgan fingerprint density at radius 2 is 1.57 bits per heavy atom. The number of carbonyl (C=O) groups is 2. The molecule has 14 nitrogen and oxygen atoms in total. The summed E-state index contributed by atoms with van der Waals surface area (Å²) in [6, 6.07) is 18.7. The lowest BCUT2D eigenvalue weighted by molar-refractivity contribution is -0.0610. The highest BCUT2D eigenvalue weighted by Crippen LogP contribution is 2.50. The first kappa shape index (κ1) is 32.3. The highest BCUT2D eigenvalue weighted by Gasteiger charge is 2.52. The van der Waals surface area contributed by atoms with Gasteiger partial charge in [-0.1, -0.05) is 42.5 Å². The van der Waals surface area contributed by atoms with Crippen molar-refractivity contribution in [1.29, 1.82) is 5.26 Å². The molecule has 1 saturated heterocycles. The number of esters is 2. The lowest BCUT2D eigenvalue weighted by Crippen LogP contribution is -2.42. The third-order valence-electron chi connectivity index (χ3n) is 6.13. The summed E-state index contributed by atoms with van der Waals surface area (Å²) in [4.78, 5) is 53.1. The molecule has 15 heteroatoms. The van der Waals surface area contributed by atoms with Gasteiger partial charge in [-0.05, 0) is 24.3 Å². The summed E-state index contributed by atoms with van der Waals surface area (Å²) >= 11 is 0. The van der Waals surface area contributed by atoms with Crippen LogP contribution in [0.15, 0.2) is 95.2 Å². The van der Waals surface area contributed by atoms with E-state index in [9.17, 15) is 23.7 Å². The first-order chi connectivity index (χ1) is 21.2. The number of aromatic nitrogens is 2. The van der Waals surface area contributed by atoms with Gasteiger partial charge in [0.15, 0.2) is 18.4 Å². The number of nitrogens with one attached hydrogen (secondary N) is 1. The van der Waals surface area contributed by atoms with Crippen molar-refractivity contribution in [3.8, 4) is 6.07 Å². The molecule has 0 spiro atoms. The Morgan fingerprint density at radius 3 is 2.14 bits per heavy atom. The molecule has 2 aromatic carbocycles. The fourth-order valence-corrected chi connectivity index (χ4v) is 5.27. The normalized spacial score (nSPS) is 20.6. The molecule has 44 heavy (non-hydrogen) atoms. The van der Waals surface area contributed by atoms with Gasteiger partial charge in [-0.15, -0.1) is 6.58 Å². The van der Waals surface area contributed by atoms with Crippen molar-refractivity contribution in [3.63, 3.8) is 0 Å². The zero-order valence-electron chi connectivity index (χ0n) is 23.2. The molecule has 4 rings (SSSR count). The monoisotopic (exact) mass is 625 g/mol. The average Bonchev–Trinajstić information content (AvgIpc) is 3.36. The zero-order chi connectivity index (χ0) is 31.5. The minimum absolute atomic E-state index is 0.114. The van der Waals surface area contributed by atoms with Crippen LogP contribution in [0, 0.1) is 11.3 Å². The number of phosphoric ester groups is 1. The van der Waals surface area contributed by atoms with E-state index in [2.05, 4.69) is 11.6 Å². The minimum atomic E-state index is -4.31. The van der Waals surface area contributed by atoms with Crippen molar-refractivity contribution in [2.75, 3.05) is 19.8 Å². The molecule has 0 bridgehead atoms. The smallest absolute Gasteiger partial charge is 0.452 e. The second-order valence-electron chi connectivity index (χ2n) is 9.12. The lowest BCUT2D eigenvalue weighted by atomic mass is 10.1. The van der Waals surface area contributed by atoms with Crippen molar-refractivity contribution in [2.45, 2.75) is 31.0 Å². The third-order valence-corrected chi connectivity index (χ3v) is 7.56. The van der Waals surface area contributed by atoms with Crippen LogP contribution >= 0.6 is 7.82 Å². The molecular weight excluding hydrogens is 597 g/mol. The Labute approximate surface area is 251 Å². The number of benzene rings is 2. The maximum atomic E-state index is 13.3. The van der Waals surface area contributed by atoms with Crippen LogP contribution in [0.1, 0.15) is 33.4 Å². The fourth-order valence-electron chi connectivity index (χ4n) is 4.12. The summed E-state index contributed by atoms with van der Waals surface area (Å²) in [5.41, 5.74) is -1.28. The number of rotatable bonds is 14. The molecule has 230 valence electrons. The Morgan fingerprint density at radius 1 is 0.955 bits per heavy atom. The number of phosphoric acid groups is 1. The van der Waals surface area contributed by atoms with E-state index in [1.54, 1.807) is 36.4 Å². The van der Waals surface area contributed by atoms with Gasteiger partial charge in [0.25, 0.3) is 5.56 Å². The number of carbonyl (C=O) groups excluding carboxylic acids is 2. The van der Waals surface area contributed by atoms with Crippen molar-refractivity contribution in [2.24, 2.45) is 0 Å². The summed E-state index contributed by atoms with van der Waals surface area (Å²) in [6.45, 7) is 2.37. The van der Waals surface area contributed by atoms with E-state index >= 15 is 0 Å². The van der Waals surface area contributed by atoms with Crippen molar-refractivity contribution in [3.05, 3.63) is 118 Å². The summed E-state index contributed by atoms with van der Waals surface area (Å²) in [5.74, 6) is -1.65. The average molecular weight is 626 g/mol.